The molecule has 1 fully saturated rings. The lowest BCUT2D eigenvalue weighted by Gasteiger charge is -2.31. The van der Waals surface area contributed by atoms with Crippen molar-refractivity contribution in [1.82, 2.24) is 0 Å². The minimum atomic E-state index is -0.329. The molecule has 1 aliphatic rings. The average molecular weight is 214 g/mol. The van der Waals surface area contributed by atoms with E-state index in [0.29, 0.717) is 5.92 Å². The number of hydrogen-bond acceptors (Lipinski definition) is 2. The predicted molar refractivity (Wildman–Crippen MR) is 62.8 cm³/mol. The number of hydrogen-bond donors (Lipinski definition) is 0. The maximum atomic E-state index is 5.82. The topological polar surface area (TPSA) is 18.5 Å². The third-order valence-corrected chi connectivity index (χ3v) is 2.95. The van der Waals surface area contributed by atoms with Crippen LogP contribution in [0.4, 0.5) is 0 Å². The zero-order valence-corrected chi connectivity index (χ0v) is 10.7. The molecule has 1 unspecified atom stereocenters. The first kappa shape index (κ1) is 13.0. The molecule has 0 aliphatic carbocycles. The first-order chi connectivity index (χ1) is 7.02. The molecule has 0 aromatic heterocycles. The Morgan fingerprint density at radius 1 is 1.07 bits per heavy atom. The van der Waals surface area contributed by atoms with E-state index in [1.54, 1.807) is 0 Å². The van der Waals surface area contributed by atoms with Crippen LogP contribution >= 0.6 is 0 Å². The third kappa shape index (κ3) is 4.98. The fourth-order valence-electron chi connectivity index (χ4n) is 2.46. The van der Waals surface area contributed by atoms with Crippen molar-refractivity contribution in [2.75, 3.05) is 13.2 Å². The molecule has 1 heterocycles. The normalized spacial score (nSPS) is 23.8. The Morgan fingerprint density at radius 3 is 2.07 bits per heavy atom. The zero-order chi connectivity index (χ0) is 11.3. The average Bonchev–Trinajstić information content (AvgIpc) is 2.27. The predicted octanol–water partition coefficient (Wildman–Crippen LogP) is 3.60. The second kappa shape index (κ2) is 5.86. The molecule has 0 aromatic rings. The molecule has 1 saturated heterocycles. The van der Waals surface area contributed by atoms with Gasteiger partial charge in [0.1, 0.15) is 0 Å². The third-order valence-electron chi connectivity index (χ3n) is 2.95. The highest BCUT2D eigenvalue weighted by atomic mass is 16.7. The van der Waals surface area contributed by atoms with E-state index in [1.807, 2.05) is 0 Å². The van der Waals surface area contributed by atoms with E-state index in [2.05, 4.69) is 27.7 Å². The summed E-state index contributed by atoms with van der Waals surface area (Å²) in [4.78, 5) is 0. The smallest absolute Gasteiger partial charge is 0.165 e. The summed E-state index contributed by atoms with van der Waals surface area (Å²) in [6.07, 6.45) is 4.54. The lowest BCUT2D eigenvalue weighted by molar-refractivity contribution is -0.222. The van der Waals surface area contributed by atoms with Gasteiger partial charge in [-0.1, -0.05) is 20.8 Å². The van der Waals surface area contributed by atoms with Gasteiger partial charge in [-0.05, 0) is 38.0 Å². The summed E-state index contributed by atoms with van der Waals surface area (Å²) in [7, 11) is 0. The molecular weight excluding hydrogens is 188 g/mol. The molecule has 90 valence electrons. The van der Waals surface area contributed by atoms with E-state index in [-0.39, 0.29) is 5.79 Å². The summed E-state index contributed by atoms with van der Waals surface area (Å²) in [5.74, 6) is 1.10. The summed E-state index contributed by atoms with van der Waals surface area (Å²) in [5.41, 5.74) is 0. The first-order valence-corrected chi connectivity index (χ1v) is 6.30. The summed E-state index contributed by atoms with van der Waals surface area (Å²) in [5, 5.41) is 0. The van der Waals surface area contributed by atoms with E-state index in [4.69, 9.17) is 9.47 Å². The lowest BCUT2D eigenvalue weighted by Crippen LogP contribution is -2.33. The van der Waals surface area contributed by atoms with Crippen LogP contribution in [0.3, 0.4) is 0 Å². The highest BCUT2D eigenvalue weighted by Gasteiger charge is 2.29. The fourth-order valence-corrected chi connectivity index (χ4v) is 2.46. The van der Waals surface area contributed by atoms with Crippen LogP contribution in [0, 0.1) is 11.8 Å². The van der Waals surface area contributed by atoms with Crippen molar-refractivity contribution >= 4 is 0 Å². The van der Waals surface area contributed by atoms with Crippen molar-refractivity contribution in [3.8, 4) is 0 Å². The summed E-state index contributed by atoms with van der Waals surface area (Å²) in [6, 6.07) is 0. The molecule has 0 bridgehead atoms. The van der Waals surface area contributed by atoms with Gasteiger partial charge >= 0.3 is 0 Å². The van der Waals surface area contributed by atoms with Crippen LogP contribution in [-0.2, 0) is 9.47 Å². The van der Waals surface area contributed by atoms with E-state index in [1.165, 1.54) is 6.42 Å². The Balaban J connectivity index is 2.39. The molecule has 1 rings (SSSR count). The van der Waals surface area contributed by atoms with Crippen molar-refractivity contribution in [3.63, 3.8) is 0 Å². The molecule has 0 saturated carbocycles. The van der Waals surface area contributed by atoms with Gasteiger partial charge in [-0.25, -0.2) is 0 Å². The molecule has 0 radical (unpaired) electrons. The van der Waals surface area contributed by atoms with Gasteiger partial charge in [0.2, 0.25) is 0 Å². The number of ether oxygens (including phenoxy) is 2. The minimum absolute atomic E-state index is 0.329. The Bertz CT molecular complexity index is 169. The van der Waals surface area contributed by atoms with E-state index < -0.39 is 0 Å². The molecule has 0 N–H and O–H groups in total. The Labute approximate surface area is 94.3 Å². The van der Waals surface area contributed by atoms with Crippen LogP contribution in [-0.4, -0.2) is 19.0 Å². The standard InChI is InChI=1S/C13H26O2/c1-11(2)9-12(3)10-13(4)14-7-5-6-8-15-13/h11-12H,5-10H2,1-4H3. The molecular formula is C13H26O2. The highest BCUT2D eigenvalue weighted by molar-refractivity contribution is 4.70. The highest BCUT2D eigenvalue weighted by Crippen LogP contribution is 2.28. The van der Waals surface area contributed by atoms with Gasteiger partial charge in [0, 0.05) is 6.42 Å². The van der Waals surface area contributed by atoms with Gasteiger partial charge < -0.3 is 9.47 Å². The molecule has 2 nitrogen and oxygen atoms in total. The van der Waals surface area contributed by atoms with Gasteiger partial charge in [-0.15, -0.1) is 0 Å². The van der Waals surface area contributed by atoms with Crippen LogP contribution in [0.2, 0.25) is 0 Å². The lowest BCUT2D eigenvalue weighted by atomic mass is 9.92. The second-order valence-corrected chi connectivity index (χ2v) is 5.48. The maximum absolute atomic E-state index is 5.82. The molecule has 1 aliphatic heterocycles. The molecule has 0 aromatic carbocycles. The van der Waals surface area contributed by atoms with Crippen molar-refractivity contribution in [1.29, 1.82) is 0 Å². The van der Waals surface area contributed by atoms with Crippen molar-refractivity contribution < 1.29 is 9.47 Å². The maximum Gasteiger partial charge on any atom is 0.165 e. The van der Waals surface area contributed by atoms with E-state index in [9.17, 15) is 0 Å². The quantitative estimate of drug-likeness (QED) is 0.712. The van der Waals surface area contributed by atoms with E-state index >= 15 is 0 Å². The van der Waals surface area contributed by atoms with Gasteiger partial charge in [-0.2, -0.15) is 0 Å². The fraction of sp³-hybridized carbons (Fsp3) is 1.00. The second-order valence-electron chi connectivity index (χ2n) is 5.48. The van der Waals surface area contributed by atoms with Crippen LogP contribution in [0.25, 0.3) is 0 Å². The Kier molecular flexibility index (Phi) is 5.07. The van der Waals surface area contributed by atoms with E-state index in [0.717, 1.165) is 38.4 Å². The van der Waals surface area contributed by atoms with Crippen molar-refractivity contribution in [2.24, 2.45) is 11.8 Å². The van der Waals surface area contributed by atoms with Crippen molar-refractivity contribution in [2.45, 2.75) is 59.2 Å². The van der Waals surface area contributed by atoms with Gasteiger partial charge in [0.25, 0.3) is 0 Å². The summed E-state index contributed by atoms with van der Waals surface area (Å²) < 4.78 is 11.6. The first-order valence-electron chi connectivity index (χ1n) is 6.30. The molecule has 0 amide bonds. The van der Waals surface area contributed by atoms with Gasteiger partial charge in [0.15, 0.2) is 5.79 Å². The Hall–Kier alpha value is -0.0800. The van der Waals surface area contributed by atoms with Crippen molar-refractivity contribution in [3.05, 3.63) is 0 Å². The van der Waals surface area contributed by atoms with Gasteiger partial charge in [-0.3, -0.25) is 0 Å². The minimum Gasteiger partial charge on any atom is -0.350 e. The molecule has 2 heteroatoms. The number of rotatable bonds is 4. The van der Waals surface area contributed by atoms with Crippen LogP contribution < -0.4 is 0 Å². The van der Waals surface area contributed by atoms with Crippen LogP contribution in [0.5, 0.6) is 0 Å². The van der Waals surface area contributed by atoms with Crippen LogP contribution in [0.15, 0.2) is 0 Å². The Morgan fingerprint density at radius 2 is 1.60 bits per heavy atom. The molecule has 0 spiro atoms. The molecule has 1 atom stereocenters. The zero-order valence-electron chi connectivity index (χ0n) is 10.7. The monoisotopic (exact) mass is 214 g/mol. The molecule has 15 heavy (non-hydrogen) atoms. The summed E-state index contributed by atoms with van der Waals surface area (Å²) >= 11 is 0. The summed E-state index contributed by atoms with van der Waals surface area (Å²) in [6.45, 7) is 10.6. The SMILES string of the molecule is CC(C)CC(C)CC1(C)OCCCCO1. The van der Waals surface area contributed by atoms with Gasteiger partial charge in [0.05, 0.1) is 13.2 Å². The largest absolute Gasteiger partial charge is 0.350 e. The van der Waals surface area contributed by atoms with Crippen LogP contribution in [0.1, 0.15) is 53.4 Å².